The first kappa shape index (κ1) is 19.0. The minimum atomic E-state index is -4.54. The van der Waals surface area contributed by atoms with Crippen LogP contribution in [-0.4, -0.2) is 9.55 Å². The van der Waals surface area contributed by atoms with Gasteiger partial charge in [-0.3, -0.25) is 9.36 Å². The summed E-state index contributed by atoms with van der Waals surface area (Å²) < 4.78 is 45.9. The molecule has 2 aromatic carbocycles. The van der Waals surface area contributed by atoms with Crippen LogP contribution in [0.3, 0.4) is 0 Å². The number of fused-ring (bicyclic) bond motifs is 1. The highest BCUT2D eigenvalue weighted by atomic mass is 35.5. The van der Waals surface area contributed by atoms with Gasteiger partial charge in [-0.25, -0.2) is 4.98 Å². The molecule has 0 atom stereocenters. The summed E-state index contributed by atoms with van der Waals surface area (Å²) in [5.41, 5.74) is -0.854. The summed E-state index contributed by atoms with van der Waals surface area (Å²) in [6.07, 6.45) is -1.51. The maximum Gasteiger partial charge on any atom is 0.416 e. The molecule has 4 nitrogen and oxygen atoms in total. The highest BCUT2D eigenvalue weighted by molar-refractivity contribution is 6.28. The fourth-order valence-electron chi connectivity index (χ4n) is 2.91. The maximum absolute atomic E-state index is 13.2. The molecule has 29 heavy (non-hydrogen) atoms. The second-order valence-corrected chi connectivity index (χ2v) is 6.52. The first-order valence-corrected chi connectivity index (χ1v) is 8.83. The number of benzene rings is 2. The van der Waals surface area contributed by atoms with Crippen molar-refractivity contribution in [2.45, 2.75) is 6.18 Å². The average molecular weight is 417 g/mol. The van der Waals surface area contributed by atoms with Gasteiger partial charge >= 0.3 is 6.18 Å². The predicted octanol–water partition coefficient (Wildman–Crippen LogP) is 5.82. The van der Waals surface area contributed by atoms with E-state index in [-0.39, 0.29) is 16.7 Å². The van der Waals surface area contributed by atoms with Crippen LogP contribution in [0.15, 0.2) is 69.9 Å². The Balaban J connectivity index is 1.95. The van der Waals surface area contributed by atoms with E-state index in [4.69, 9.17) is 16.0 Å². The van der Waals surface area contributed by atoms with E-state index in [1.807, 2.05) is 0 Å². The fourth-order valence-corrected chi connectivity index (χ4v) is 3.06. The molecule has 0 aliphatic carbocycles. The summed E-state index contributed by atoms with van der Waals surface area (Å²) in [6.45, 7) is 0. The number of furan rings is 1. The lowest BCUT2D eigenvalue weighted by atomic mass is 10.1. The van der Waals surface area contributed by atoms with Crippen LogP contribution >= 0.6 is 11.6 Å². The summed E-state index contributed by atoms with van der Waals surface area (Å²) in [7, 11) is 0. The first-order chi connectivity index (χ1) is 13.8. The second kappa shape index (κ2) is 7.25. The summed E-state index contributed by atoms with van der Waals surface area (Å²) >= 11 is 5.75. The monoisotopic (exact) mass is 416 g/mol. The van der Waals surface area contributed by atoms with Crippen LogP contribution in [0, 0.1) is 0 Å². The van der Waals surface area contributed by atoms with E-state index in [9.17, 15) is 18.0 Å². The molecule has 0 saturated heterocycles. The minimum absolute atomic E-state index is 0.0557. The van der Waals surface area contributed by atoms with Gasteiger partial charge in [0.05, 0.1) is 22.2 Å². The molecule has 4 rings (SSSR count). The van der Waals surface area contributed by atoms with Crippen LogP contribution < -0.4 is 5.56 Å². The van der Waals surface area contributed by atoms with Crippen molar-refractivity contribution in [3.63, 3.8) is 0 Å². The zero-order valence-electron chi connectivity index (χ0n) is 14.7. The van der Waals surface area contributed by atoms with E-state index in [2.05, 4.69) is 4.98 Å². The molecule has 0 radical (unpaired) electrons. The Morgan fingerprint density at radius 3 is 2.52 bits per heavy atom. The molecule has 0 bridgehead atoms. The highest BCUT2D eigenvalue weighted by Gasteiger charge is 2.30. The van der Waals surface area contributed by atoms with Crippen molar-refractivity contribution in [2.24, 2.45) is 0 Å². The van der Waals surface area contributed by atoms with Gasteiger partial charge in [0.25, 0.3) is 5.56 Å². The number of rotatable bonds is 3. The Morgan fingerprint density at radius 1 is 1.00 bits per heavy atom. The SMILES string of the molecule is O=c1c2ccccc2nc(/C=C/c2ccc(Cl)o2)n1-c1cccc(C(F)(F)F)c1. The third kappa shape index (κ3) is 3.82. The molecule has 2 aromatic heterocycles. The van der Waals surface area contributed by atoms with Gasteiger partial charge in [0, 0.05) is 0 Å². The molecule has 0 aliphatic rings. The Hall–Kier alpha value is -3.32. The van der Waals surface area contributed by atoms with Crippen LogP contribution in [-0.2, 0) is 6.18 Å². The van der Waals surface area contributed by atoms with E-state index < -0.39 is 17.3 Å². The molecule has 2 heterocycles. The second-order valence-electron chi connectivity index (χ2n) is 6.15. The molecule has 0 N–H and O–H groups in total. The van der Waals surface area contributed by atoms with Crippen LogP contribution in [0.1, 0.15) is 17.1 Å². The largest absolute Gasteiger partial charge is 0.445 e. The van der Waals surface area contributed by atoms with E-state index >= 15 is 0 Å². The number of alkyl halides is 3. The molecule has 0 unspecified atom stereocenters. The predicted molar refractivity (Wildman–Crippen MR) is 105 cm³/mol. The number of nitrogens with zero attached hydrogens (tertiary/aromatic N) is 2. The number of para-hydroxylation sites is 1. The quantitative estimate of drug-likeness (QED) is 0.422. The average Bonchev–Trinajstić information content (AvgIpc) is 3.11. The molecular weight excluding hydrogens is 405 g/mol. The third-order valence-electron chi connectivity index (χ3n) is 4.22. The van der Waals surface area contributed by atoms with Gasteiger partial charge in [0.1, 0.15) is 11.6 Å². The van der Waals surface area contributed by atoms with Crippen LogP contribution in [0.2, 0.25) is 5.22 Å². The summed E-state index contributed by atoms with van der Waals surface area (Å²) in [4.78, 5) is 17.5. The molecule has 0 fully saturated rings. The Kier molecular flexibility index (Phi) is 4.76. The molecule has 0 spiro atoms. The van der Waals surface area contributed by atoms with Gasteiger partial charge in [0.2, 0.25) is 0 Å². The number of aromatic nitrogens is 2. The lowest BCUT2D eigenvalue weighted by Gasteiger charge is -2.13. The van der Waals surface area contributed by atoms with E-state index in [1.165, 1.54) is 24.3 Å². The summed E-state index contributed by atoms with van der Waals surface area (Å²) in [6, 6.07) is 14.3. The standard InChI is InChI=1S/C21H12ClF3N2O2/c22-18-10-8-15(29-18)9-11-19-26-17-7-2-1-6-16(17)20(28)27(19)14-5-3-4-13(12-14)21(23,24)25/h1-12H/b11-9+. The number of hydrogen-bond donors (Lipinski definition) is 0. The molecule has 0 saturated carbocycles. The van der Waals surface area contributed by atoms with Crippen molar-refractivity contribution < 1.29 is 17.6 Å². The molecule has 4 aromatic rings. The maximum atomic E-state index is 13.2. The topological polar surface area (TPSA) is 48.0 Å². The van der Waals surface area contributed by atoms with E-state index in [0.717, 1.165) is 16.7 Å². The third-order valence-corrected chi connectivity index (χ3v) is 4.43. The Bertz CT molecular complexity index is 1290. The summed E-state index contributed by atoms with van der Waals surface area (Å²) in [5.74, 6) is 0.563. The van der Waals surface area contributed by atoms with Crippen molar-refractivity contribution in [3.05, 3.63) is 93.4 Å². The normalized spacial score (nSPS) is 12.1. The first-order valence-electron chi connectivity index (χ1n) is 8.46. The number of hydrogen-bond acceptors (Lipinski definition) is 3. The van der Waals surface area contributed by atoms with Crippen LogP contribution in [0.4, 0.5) is 13.2 Å². The smallest absolute Gasteiger partial charge is 0.416 e. The number of halogens is 4. The van der Waals surface area contributed by atoms with Crippen molar-refractivity contribution in [3.8, 4) is 5.69 Å². The van der Waals surface area contributed by atoms with Gasteiger partial charge in [-0.2, -0.15) is 13.2 Å². The van der Waals surface area contributed by atoms with Crippen LogP contribution in [0.5, 0.6) is 0 Å². The Labute approximate surface area is 167 Å². The van der Waals surface area contributed by atoms with Crippen molar-refractivity contribution in [1.82, 2.24) is 9.55 Å². The van der Waals surface area contributed by atoms with Gasteiger partial charge in [-0.15, -0.1) is 0 Å². The summed E-state index contributed by atoms with van der Waals surface area (Å²) in [5, 5.41) is 0.481. The van der Waals surface area contributed by atoms with E-state index in [0.29, 0.717) is 16.7 Å². The lowest BCUT2D eigenvalue weighted by molar-refractivity contribution is -0.137. The van der Waals surface area contributed by atoms with Crippen molar-refractivity contribution >= 4 is 34.7 Å². The molecule has 0 aliphatic heterocycles. The lowest BCUT2D eigenvalue weighted by Crippen LogP contribution is -2.22. The van der Waals surface area contributed by atoms with Gasteiger partial charge in [-0.1, -0.05) is 18.2 Å². The molecule has 0 amide bonds. The van der Waals surface area contributed by atoms with E-state index in [1.54, 1.807) is 36.4 Å². The van der Waals surface area contributed by atoms with Crippen LogP contribution in [0.25, 0.3) is 28.7 Å². The van der Waals surface area contributed by atoms with Crippen molar-refractivity contribution in [2.75, 3.05) is 0 Å². The highest BCUT2D eigenvalue weighted by Crippen LogP contribution is 2.30. The van der Waals surface area contributed by atoms with Gasteiger partial charge < -0.3 is 4.42 Å². The molecular formula is C21H12ClF3N2O2. The molecule has 8 heteroatoms. The molecule has 146 valence electrons. The fraction of sp³-hybridized carbons (Fsp3) is 0.0476. The Morgan fingerprint density at radius 2 is 1.79 bits per heavy atom. The van der Waals surface area contributed by atoms with Gasteiger partial charge in [0.15, 0.2) is 5.22 Å². The van der Waals surface area contributed by atoms with Gasteiger partial charge in [-0.05, 0) is 66.2 Å². The zero-order chi connectivity index (χ0) is 20.6. The zero-order valence-corrected chi connectivity index (χ0v) is 15.4. The minimum Gasteiger partial charge on any atom is -0.445 e. The van der Waals surface area contributed by atoms with Crippen molar-refractivity contribution in [1.29, 1.82) is 0 Å².